The molecule has 0 saturated carbocycles. The summed E-state index contributed by atoms with van der Waals surface area (Å²) in [5.41, 5.74) is 6.53. The molecule has 0 atom stereocenters. The van der Waals surface area contributed by atoms with Crippen molar-refractivity contribution < 1.29 is 14.3 Å². The normalized spacial score (nSPS) is 9.76. The fourth-order valence-corrected chi connectivity index (χ4v) is 1.83. The number of benzene rings is 2. The van der Waals surface area contributed by atoms with Crippen LogP contribution in [0, 0.1) is 0 Å². The van der Waals surface area contributed by atoms with Gasteiger partial charge in [-0.2, -0.15) is 0 Å². The van der Waals surface area contributed by atoms with E-state index >= 15 is 0 Å². The van der Waals surface area contributed by atoms with Crippen LogP contribution < -0.4 is 15.8 Å². The lowest BCUT2D eigenvalue weighted by Crippen LogP contribution is -2.19. The summed E-state index contributed by atoms with van der Waals surface area (Å²) in [6.45, 7) is 0. The summed E-state index contributed by atoms with van der Waals surface area (Å²) in [5, 5.41) is 2.98. The first-order valence-corrected chi connectivity index (χ1v) is 6.52. The van der Waals surface area contributed by atoms with Crippen LogP contribution in [0.15, 0.2) is 48.5 Å². The van der Waals surface area contributed by atoms with Crippen LogP contribution in [0.2, 0.25) is 0 Å². The van der Waals surface area contributed by atoms with E-state index in [-0.39, 0.29) is 5.11 Å². The van der Waals surface area contributed by atoms with Gasteiger partial charge in [0.25, 0.3) is 0 Å². The molecule has 21 heavy (non-hydrogen) atoms. The second kappa shape index (κ2) is 6.71. The van der Waals surface area contributed by atoms with Gasteiger partial charge in [-0.15, -0.1) is 0 Å². The highest BCUT2D eigenvalue weighted by molar-refractivity contribution is 7.80. The maximum Gasteiger partial charge on any atom is 0.337 e. The number of anilines is 1. The fraction of sp³-hybridized carbons (Fsp3) is 0.0667. The summed E-state index contributed by atoms with van der Waals surface area (Å²) in [4.78, 5) is 11.5. The van der Waals surface area contributed by atoms with E-state index < -0.39 is 5.97 Å². The molecule has 0 aliphatic carbocycles. The number of methoxy groups -OCH3 is 1. The van der Waals surface area contributed by atoms with Crippen LogP contribution in [-0.4, -0.2) is 18.2 Å². The summed E-state index contributed by atoms with van der Waals surface area (Å²) in [6, 6.07) is 13.9. The van der Waals surface area contributed by atoms with Crippen LogP contribution in [0.3, 0.4) is 0 Å². The first kappa shape index (κ1) is 14.8. The molecule has 2 aromatic rings. The molecule has 0 aromatic heterocycles. The highest BCUT2D eigenvalue weighted by atomic mass is 32.1. The summed E-state index contributed by atoms with van der Waals surface area (Å²) >= 11 is 4.82. The lowest BCUT2D eigenvalue weighted by molar-refractivity contribution is 0.0600. The van der Waals surface area contributed by atoms with Crippen LogP contribution in [0.4, 0.5) is 5.69 Å². The van der Waals surface area contributed by atoms with Gasteiger partial charge in [-0.05, 0) is 42.5 Å². The van der Waals surface area contributed by atoms with Gasteiger partial charge in [0.15, 0.2) is 10.9 Å². The lowest BCUT2D eigenvalue weighted by atomic mass is 10.2. The van der Waals surface area contributed by atoms with Gasteiger partial charge in [-0.1, -0.05) is 18.2 Å². The van der Waals surface area contributed by atoms with Crippen LogP contribution in [0.5, 0.6) is 11.5 Å². The molecule has 2 aromatic carbocycles. The largest absolute Gasteiger partial charge is 0.465 e. The molecule has 0 unspecified atom stereocenters. The van der Waals surface area contributed by atoms with Crippen LogP contribution in [-0.2, 0) is 4.74 Å². The number of hydrogen-bond acceptors (Lipinski definition) is 4. The smallest absolute Gasteiger partial charge is 0.337 e. The van der Waals surface area contributed by atoms with Gasteiger partial charge in [0, 0.05) is 0 Å². The van der Waals surface area contributed by atoms with Crippen molar-refractivity contribution in [3.63, 3.8) is 0 Å². The van der Waals surface area contributed by atoms with Crippen molar-refractivity contribution >= 4 is 29.0 Å². The third-order valence-corrected chi connectivity index (χ3v) is 2.73. The number of carbonyl (C=O) groups is 1. The van der Waals surface area contributed by atoms with Gasteiger partial charge in [-0.25, -0.2) is 4.79 Å². The van der Waals surface area contributed by atoms with E-state index in [1.165, 1.54) is 7.11 Å². The molecule has 0 aliphatic heterocycles. The van der Waals surface area contributed by atoms with E-state index in [1.54, 1.807) is 36.4 Å². The second-order valence-electron chi connectivity index (χ2n) is 4.11. The van der Waals surface area contributed by atoms with E-state index in [0.29, 0.717) is 22.7 Å². The monoisotopic (exact) mass is 302 g/mol. The van der Waals surface area contributed by atoms with E-state index in [2.05, 4.69) is 10.1 Å². The van der Waals surface area contributed by atoms with Crippen molar-refractivity contribution in [2.45, 2.75) is 0 Å². The molecule has 0 radical (unpaired) electrons. The quantitative estimate of drug-likeness (QED) is 0.668. The number of nitrogens with two attached hydrogens (primary N) is 1. The Kier molecular flexibility index (Phi) is 4.73. The first-order valence-electron chi connectivity index (χ1n) is 6.12. The minimum Gasteiger partial charge on any atom is -0.465 e. The van der Waals surface area contributed by atoms with Crippen molar-refractivity contribution in [3.8, 4) is 11.5 Å². The topological polar surface area (TPSA) is 73.6 Å². The maximum absolute atomic E-state index is 11.5. The Labute approximate surface area is 127 Å². The molecule has 0 amide bonds. The van der Waals surface area contributed by atoms with Gasteiger partial charge in [-0.3, -0.25) is 0 Å². The summed E-state index contributed by atoms with van der Waals surface area (Å²) in [7, 11) is 1.33. The first-order chi connectivity index (χ1) is 10.1. The zero-order valence-electron chi connectivity index (χ0n) is 11.3. The molecule has 108 valence electrons. The number of hydrogen-bond donors (Lipinski definition) is 2. The number of para-hydroxylation sites is 2. The Morgan fingerprint density at radius 3 is 2.67 bits per heavy atom. The van der Waals surface area contributed by atoms with E-state index in [0.717, 1.165) is 0 Å². The minimum absolute atomic E-state index is 0.148. The Morgan fingerprint density at radius 2 is 1.95 bits per heavy atom. The standard InChI is InChI=1S/C15H14N2O3S/c1-19-14(18)10-5-4-6-11(9-10)20-13-8-3-2-7-12(13)17-15(16)21/h2-9H,1H3,(H3,16,17,21). The predicted molar refractivity (Wildman–Crippen MR) is 84.7 cm³/mol. The number of thiocarbonyl (C=S) groups is 1. The molecule has 3 N–H and O–H groups in total. The molecule has 0 spiro atoms. The highest BCUT2D eigenvalue weighted by Crippen LogP contribution is 2.29. The number of rotatable bonds is 4. The number of ether oxygens (including phenoxy) is 2. The molecule has 5 nitrogen and oxygen atoms in total. The van der Waals surface area contributed by atoms with Gasteiger partial charge >= 0.3 is 5.97 Å². The van der Waals surface area contributed by atoms with Crippen LogP contribution >= 0.6 is 12.2 Å². The molecule has 2 rings (SSSR count). The molecule has 0 heterocycles. The number of carbonyl (C=O) groups excluding carboxylic acids is 1. The highest BCUT2D eigenvalue weighted by Gasteiger charge is 2.09. The van der Waals surface area contributed by atoms with E-state index in [9.17, 15) is 4.79 Å². The minimum atomic E-state index is -0.421. The van der Waals surface area contributed by atoms with Crippen molar-refractivity contribution in [1.82, 2.24) is 0 Å². The molecule has 0 saturated heterocycles. The van der Waals surface area contributed by atoms with Gasteiger partial charge in [0.05, 0.1) is 18.4 Å². The molecular weight excluding hydrogens is 288 g/mol. The summed E-state index contributed by atoms with van der Waals surface area (Å²) in [5.74, 6) is 0.636. The maximum atomic E-state index is 11.5. The number of nitrogens with one attached hydrogen (secondary N) is 1. The molecule has 0 aliphatic rings. The van der Waals surface area contributed by atoms with Crippen LogP contribution in [0.25, 0.3) is 0 Å². The SMILES string of the molecule is COC(=O)c1cccc(Oc2ccccc2NC(N)=S)c1. The fourth-order valence-electron chi connectivity index (χ4n) is 1.72. The van der Waals surface area contributed by atoms with Gasteiger partial charge < -0.3 is 20.5 Å². The Balaban J connectivity index is 2.26. The molecule has 0 bridgehead atoms. The van der Waals surface area contributed by atoms with Crippen molar-refractivity contribution in [3.05, 3.63) is 54.1 Å². The van der Waals surface area contributed by atoms with E-state index in [1.807, 2.05) is 12.1 Å². The zero-order valence-corrected chi connectivity index (χ0v) is 12.1. The van der Waals surface area contributed by atoms with Crippen molar-refractivity contribution in [2.24, 2.45) is 5.73 Å². The summed E-state index contributed by atoms with van der Waals surface area (Å²) < 4.78 is 10.4. The average molecular weight is 302 g/mol. The second-order valence-corrected chi connectivity index (χ2v) is 4.55. The van der Waals surface area contributed by atoms with E-state index in [4.69, 9.17) is 22.7 Å². The molecule has 6 heteroatoms. The Morgan fingerprint density at radius 1 is 1.19 bits per heavy atom. The van der Waals surface area contributed by atoms with Crippen LogP contribution in [0.1, 0.15) is 10.4 Å². The molecular formula is C15H14N2O3S. The van der Waals surface area contributed by atoms with Crippen molar-refractivity contribution in [2.75, 3.05) is 12.4 Å². The number of esters is 1. The third-order valence-electron chi connectivity index (χ3n) is 2.63. The predicted octanol–water partition coefficient (Wildman–Crippen LogP) is 2.92. The Bertz CT molecular complexity index is 673. The summed E-state index contributed by atoms with van der Waals surface area (Å²) in [6.07, 6.45) is 0. The van der Waals surface area contributed by atoms with Gasteiger partial charge in [0.1, 0.15) is 5.75 Å². The van der Waals surface area contributed by atoms with Gasteiger partial charge in [0.2, 0.25) is 0 Å². The van der Waals surface area contributed by atoms with Crippen molar-refractivity contribution in [1.29, 1.82) is 0 Å². The Hall–Kier alpha value is -2.60. The average Bonchev–Trinajstić information content (AvgIpc) is 2.48. The zero-order chi connectivity index (χ0) is 15.2. The third kappa shape index (κ3) is 3.93. The molecule has 0 fully saturated rings. The lowest BCUT2D eigenvalue weighted by Gasteiger charge is -2.12.